The van der Waals surface area contributed by atoms with Gasteiger partial charge in [0.1, 0.15) is 5.65 Å². The molecule has 0 N–H and O–H groups in total. The van der Waals surface area contributed by atoms with Crippen LogP contribution in [0.3, 0.4) is 0 Å². The van der Waals surface area contributed by atoms with Gasteiger partial charge in [0.05, 0.1) is 22.2 Å². The number of hydrogen-bond acceptors (Lipinski definition) is 3. The highest BCUT2D eigenvalue weighted by Gasteiger charge is 2.21. The molecule has 0 aliphatic rings. The second-order valence-electron chi connectivity index (χ2n) is 13.4. The fourth-order valence-corrected chi connectivity index (χ4v) is 8.08. The van der Waals surface area contributed by atoms with Gasteiger partial charge in [0.15, 0.2) is 0 Å². The lowest BCUT2D eigenvalue weighted by molar-refractivity contribution is 0.924. The molecule has 6 nitrogen and oxygen atoms in total. The number of nitrogens with zero attached hydrogens (tertiary/aromatic N) is 6. The van der Waals surface area contributed by atoms with E-state index in [0.717, 1.165) is 56.5 Å². The number of aromatic nitrogens is 5. The summed E-state index contributed by atoms with van der Waals surface area (Å²) in [5.41, 5.74) is 12.2. The molecule has 6 aromatic carbocycles. The summed E-state index contributed by atoms with van der Waals surface area (Å²) in [5, 5.41) is 5.89. The van der Waals surface area contributed by atoms with Crippen molar-refractivity contribution >= 4 is 66.2 Å². The summed E-state index contributed by atoms with van der Waals surface area (Å²) in [6.45, 7) is 6.45. The molecule has 0 fully saturated rings. The quantitative estimate of drug-likeness (QED) is 0.173. The summed E-state index contributed by atoms with van der Waals surface area (Å²) in [4.78, 5) is 12.3. The van der Waals surface area contributed by atoms with Crippen LogP contribution in [0.2, 0.25) is 0 Å². The molecule has 10 rings (SSSR count). The van der Waals surface area contributed by atoms with Gasteiger partial charge in [0, 0.05) is 62.9 Å². The van der Waals surface area contributed by atoms with Crippen LogP contribution in [0.15, 0.2) is 152 Å². The normalized spacial score (nSPS) is 11.8. The SMILES string of the molecule is Cc1cccc(C)c1-n1ccnc1-n1c2ccccc2c2ccc(N(c3ccccc3)c3ccc4c5ccccc5n5c(C)cnc5c4c3)cc21. The number of benzene rings is 6. The summed E-state index contributed by atoms with van der Waals surface area (Å²) in [7, 11) is 0. The van der Waals surface area contributed by atoms with E-state index in [2.05, 4.69) is 179 Å². The highest BCUT2D eigenvalue weighted by molar-refractivity contribution is 6.13. The van der Waals surface area contributed by atoms with Gasteiger partial charge in [-0.25, -0.2) is 9.97 Å². The van der Waals surface area contributed by atoms with Crippen LogP contribution >= 0.6 is 0 Å². The minimum atomic E-state index is 0.858. The zero-order chi connectivity index (χ0) is 34.2. The van der Waals surface area contributed by atoms with Gasteiger partial charge in [-0.1, -0.05) is 84.9 Å². The molecule has 0 unspecified atom stereocenters. The molecular weight excluding hydrogens is 625 g/mol. The van der Waals surface area contributed by atoms with Crippen molar-refractivity contribution in [2.45, 2.75) is 20.8 Å². The van der Waals surface area contributed by atoms with Gasteiger partial charge in [-0.2, -0.15) is 0 Å². The molecule has 0 amide bonds. The first-order valence-electron chi connectivity index (χ1n) is 17.3. The number of pyridine rings is 1. The lowest BCUT2D eigenvalue weighted by Crippen LogP contribution is -2.11. The topological polar surface area (TPSA) is 43.3 Å². The van der Waals surface area contributed by atoms with Crippen LogP contribution < -0.4 is 4.90 Å². The minimum absolute atomic E-state index is 0.858. The average molecular weight is 659 g/mol. The number of para-hydroxylation sites is 4. The van der Waals surface area contributed by atoms with E-state index in [0.29, 0.717) is 0 Å². The Bertz CT molecular complexity index is 2940. The van der Waals surface area contributed by atoms with Gasteiger partial charge >= 0.3 is 0 Å². The van der Waals surface area contributed by atoms with Crippen molar-refractivity contribution in [1.82, 2.24) is 23.5 Å². The van der Waals surface area contributed by atoms with E-state index < -0.39 is 0 Å². The first-order chi connectivity index (χ1) is 25.1. The van der Waals surface area contributed by atoms with E-state index in [1.54, 1.807) is 0 Å². The Hall–Kier alpha value is -6.66. The van der Waals surface area contributed by atoms with Crippen LogP contribution in [-0.4, -0.2) is 23.5 Å². The molecular formula is C45H34N6. The fourth-order valence-electron chi connectivity index (χ4n) is 8.08. The minimum Gasteiger partial charge on any atom is -0.310 e. The zero-order valence-electron chi connectivity index (χ0n) is 28.6. The molecule has 0 saturated carbocycles. The van der Waals surface area contributed by atoms with Crippen molar-refractivity contribution in [3.8, 4) is 11.6 Å². The smallest absolute Gasteiger partial charge is 0.219 e. The van der Waals surface area contributed by atoms with Crippen LogP contribution in [0, 0.1) is 20.8 Å². The Kier molecular flexibility index (Phi) is 6.42. The van der Waals surface area contributed by atoms with Gasteiger partial charge in [-0.05, 0) is 85.8 Å². The number of rotatable bonds is 5. The number of imidazole rings is 2. The van der Waals surface area contributed by atoms with Crippen molar-refractivity contribution < 1.29 is 0 Å². The molecule has 51 heavy (non-hydrogen) atoms. The molecule has 0 aliphatic carbocycles. The lowest BCUT2D eigenvalue weighted by Gasteiger charge is -2.26. The zero-order valence-corrected chi connectivity index (χ0v) is 28.6. The molecule has 4 aromatic heterocycles. The van der Waals surface area contributed by atoms with Crippen LogP contribution in [0.5, 0.6) is 0 Å². The third kappa shape index (κ3) is 4.36. The van der Waals surface area contributed by atoms with Gasteiger partial charge in [-0.15, -0.1) is 0 Å². The fraction of sp³-hybridized carbons (Fsp3) is 0.0667. The summed E-state index contributed by atoms with van der Waals surface area (Å²) >= 11 is 0. The Balaban J connectivity index is 1.24. The molecule has 244 valence electrons. The maximum Gasteiger partial charge on any atom is 0.219 e. The Labute approximate surface area is 295 Å². The Morgan fingerprint density at radius 1 is 0.510 bits per heavy atom. The summed E-state index contributed by atoms with van der Waals surface area (Å²) in [6.07, 6.45) is 5.94. The van der Waals surface area contributed by atoms with E-state index >= 15 is 0 Å². The Morgan fingerprint density at radius 3 is 1.94 bits per heavy atom. The number of fused-ring (bicyclic) bond motifs is 9. The summed E-state index contributed by atoms with van der Waals surface area (Å²) < 4.78 is 6.81. The van der Waals surface area contributed by atoms with Gasteiger partial charge in [-0.3, -0.25) is 13.5 Å². The van der Waals surface area contributed by atoms with Gasteiger partial charge in [0.25, 0.3) is 0 Å². The van der Waals surface area contributed by atoms with Gasteiger partial charge < -0.3 is 4.90 Å². The first-order valence-corrected chi connectivity index (χ1v) is 17.3. The van der Waals surface area contributed by atoms with E-state index in [1.807, 2.05) is 12.4 Å². The molecule has 0 bridgehead atoms. The highest BCUT2D eigenvalue weighted by atomic mass is 15.2. The van der Waals surface area contributed by atoms with E-state index in [9.17, 15) is 0 Å². The second kappa shape index (κ2) is 11.2. The maximum absolute atomic E-state index is 5.00. The van der Waals surface area contributed by atoms with Crippen molar-refractivity contribution in [2.75, 3.05) is 4.90 Å². The Morgan fingerprint density at radius 2 is 1.16 bits per heavy atom. The predicted molar refractivity (Wildman–Crippen MR) is 211 cm³/mol. The van der Waals surface area contributed by atoms with Crippen molar-refractivity contribution in [1.29, 1.82) is 0 Å². The largest absolute Gasteiger partial charge is 0.310 e. The van der Waals surface area contributed by atoms with Crippen molar-refractivity contribution in [3.05, 3.63) is 169 Å². The van der Waals surface area contributed by atoms with E-state index in [1.165, 1.54) is 38.2 Å². The number of aryl methyl sites for hydroxylation is 3. The molecule has 0 atom stereocenters. The van der Waals surface area contributed by atoms with E-state index in [4.69, 9.17) is 9.97 Å². The van der Waals surface area contributed by atoms with Crippen molar-refractivity contribution in [2.24, 2.45) is 0 Å². The molecule has 4 heterocycles. The van der Waals surface area contributed by atoms with E-state index in [-0.39, 0.29) is 0 Å². The predicted octanol–water partition coefficient (Wildman–Crippen LogP) is 11.3. The van der Waals surface area contributed by atoms with Crippen molar-refractivity contribution in [3.63, 3.8) is 0 Å². The molecule has 0 spiro atoms. The first kappa shape index (κ1) is 29.3. The van der Waals surface area contributed by atoms with Crippen LogP contribution in [-0.2, 0) is 0 Å². The lowest BCUT2D eigenvalue weighted by atomic mass is 10.0. The van der Waals surface area contributed by atoms with Gasteiger partial charge in [0.2, 0.25) is 5.95 Å². The number of hydrogen-bond donors (Lipinski definition) is 0. The van der Waals surface area contributed by atoms with Crippen LogP contribution in [0.4, 0.5) is 17.1 Å². The second-order valence-corrected chi connectivity index (χ2v) is 13.4. The molecule has 0 saturated heterocycles. The third-order valence-corrected chi connectivity index (χ3v) is 10.3. The highest BCUT2D eigenvalue weighted by Crippen LogP contribution is 2.42. The summed E-state index contributed by atoms with van der Waals surface area (Å²) in [6, 6.07) is 47.9. The summed E-state index contributed by atoms with van der Waals surface area (Å²) in [5.74, 6) is 0.858. The maximum atomic E-state index is 5.00. The molecule has 10 aromatic rings. The standard InChI is InChI=1S/C45H34N6/c1-29-12-11-13-30(2)43(29)48-25-24-46-45(48)51-41-19-10-8-17-37(41)38-23-21-34(27-42(38)51)50(32-14-5-4-6-15-32)33-20-22-35-36-16-7-9-18-40(36)49-31(3)28-47-44(49)39(35)26-33/h4-28H,1-3H3. The monoisotopic (exact) mass is 658 g/mol. The molecule has 0 radical (unpaired) electrons. The third-order valence-electron chi connectivity index (χ3n) is 10.3. The average Bonchev–Trinajstić information content (AvgIpc) is 3.88. The van der Waals surface area contributed by atoms with Crippen LogP contribution in [0.1, 0.15) is 16.8 Å². The molecule has 6 heteroatoms. The van der Waals surface area contributed by atoms with Crippen LogP contribution in [0.25, 0.3) is 60.8 Å². The molecule has 0 aliphatic heterocycles. The number of anilines is 3.